The maximum absolute atomic E-state index is 12.4. The normalized spacial score (nSPS) is 12.4. The maximum atomic E-state index is 12.4. The molecule has 6 nitrogen and oxygen atoms in total. The summed E-state index contributed by atoms with van der Waals surface area (Å²) in [4.78, 5) is 29.9. The number of hydrogen-bond acceptors (Lipinski definition) is 3. The zero-order valence-electron chi connectivity index (χ0n) is 19.0. The zero-order valence-corrected chi connectivity index (χ0v) is 19.0. The smallest absolute Gasteiger partial charge is 0.239 e. The SMILES string of the molecule is CN(C)c1ccc(C(CNC(=O)CNC(=O)C(C)(C)C)c2c[nH]c3ccccc23)cc1. The van der Waals surface area contributed by atoms with Crippen molar-refractivity contribution < 1.29 is 9.59 Å². The molecule has 0 saturated carbocycles. The molecule has 0 saturated heterocycles. The number of para-hydroxylation sites is 1. The summed E-state index contributed by atoms with van der Waals surface area (Å²) in [6.45, 7) is 5.88. The van der Waals surface area contributed by atoms with Gasteiger partial charge in [0, 0.05) is 54.8 Å². The van der Waals surface area contributed by atoms with E-state index in [0.29, 0.717) is 6.54 Å². The number of hydrogen-bond donors (Lipinski definition) is 3. The second kappa shape index (κ2) is 9.25. The summed E-state index contributed by atoms with van der Waals surface area (Å²) in [5.41, 5.74) is 3.91. The molecule has 31 heavy (non-hydrogen) atoms. The van der Waals surface area contributed by atoms with E-state index in [9.17, 15) is 9.59 Å². The van der Waals surface area contributed by atoms with Crippen molar-refractivity contribution in [2.45, 2.75) is 26.7 Å². The van der Waals surface area contributed by atoms with Crippen molar-refractivity contribution in [2.75, 3.05) is 32.1 Å². The molecule has 2 aromatic carbocycles. The molecule has 164 valence electrons. The van der Waals surface area contributed by atoms with Gasteiger partial charge in [-0.15, -0.1) is 0 Å². The molecule has 0 radical (unpaired) electrons. The monoisotopic (exact) mass is 420 g/mol. The first kappa shape index (κ1) is 22.4. The van der Waals surface area contributed by atoms with E-state index in [1.54, 1.807) is 0 Å². The highest BCUT2D eigenvalue weighted by atomic mass is 16.2. The van der Waals surface area contributed by atoms with Crippen molar-refractivity contribution in [2.24, 2.45) is 5.41 Å². The summed E-state index contributed by atoms with van der Waals surface area (Å²) in [6.07, 6.45) is 2.02. The molecule has 1 aromatic heterocycles. The molecule has 2 amide bonds. The molecule has 0 spiro atoms. The fourth-order valence-corrected chi connectivity index (χ4v) is 3.50. The number of benzene rings is 2. The summed E-state index contributed by atoms with van der Waals surface area (Å²) in [6, 6.07) is 16.5. The average molecular weight is 421 g/mol. The predicted octanol–water partition coefficient (Wildman–Crippen LogP) is 3.64. The minimum Gasteiger partial charge on any atom is -0.378 e. The third kappa shape index (κ3) is 5.45. The van der Waals surface area contributed by atoms with Crippen molar-refractivity contribution in [3.8, 4) is 0 Å². The fourth-order valence-electron chi connectivity index (χ4n) is 3.50. The van der Waals surface area contributed by atoms with Crippen LogP contribution >= 0.6 is 0 Å². The number of anilines is 1. The topological polar surface area (TPSA) is 77.2 Å². The van der Waals surface area contributed by atoms with Crippen LogP contribution in [0.15, 0.2) is 54.7 Å². The van der Waals surface area contributed by atoms with Gasteiger partial charge in [0.2, 0.25) is 11.8 Å². The molecule has 0 aliphatic heterocycles. The highest BCUT2D eigenvalue weighted by Gasteiger charge is 2.22. The third-order valence-electron chi connectivity index (χ3n) is 5.40. The van der Waals surface area contributed by atoms with E-state index in [2.05, 4.69) is 50.8 Å². The molecule has 0 bridgehead atoms. The van der Waals surface area contributed by atoms with Crippen LogP contribution in [0.1, 0.15) is 37.8 Å². The quantitative estimate of drug-likeness (QED) is 0.546. The van der Waals surface area contributed by atoms with Crippen LogP contribution in [0.5, 0.6) is 0 Å². The highest BCUT2D eigenvalue weighted by molar-refractivity contribution is 5.87. The van der Waals surface area contributed by atoms with Crippen LogP contribution in [0, 0.1) is 5.41 Å². The molecule has 0 aliphatic rings. The number of nitrogens with zero attached hydrogens (tertiary/aromatic N) is 1. The first-order valence-electron chi connectivity index (χ1n) is 10.5. The van der Waals surface area contributed by atoms with Crippen molar-refractivity contribution in [3.05, 3.63) is 65.9 Å². The van der Waals surface area contributed by atoms with Crippen molar-refractivity contribution >= 4 is 28.4 Å². The Morgan fingerprint density at radius 3 is 2.32 bits per heavy atom. The third-order valence-corrected chi connectivity index (χ3v) is 5.40. The van der Waals surface area contributed by atoms with E-state index in [1.165, 1.54) is 0 Å². The first-order chi connectivity index (χ1) is 14.7. The van der Waals surface area contributed by atoms with Crippen molar-refractivity contribution in [3.63, 3.8) is 0 Å². The number of carbonyl (C=O) groups excluding carboxylic acids is 2. The van der Waals surface area contributed by atoms with E-state index in [-0.39, 0.29) is 24.3 Å². The van der Waals surface area contributed by atoms with Gasteiger partial charge in [0.1, 0.15) is 0 Å². The molecule has 3 N–H and O–H groups in total. The van der Waals surface area contributed by atoms with Crippen LogP contribution in [0.25, 0.3) is 10.9 Å². The molecule has 0 fully saturated rings. The number of aromatic amines is 1. The van der Waals surface area contributed by atoms with Gasteiger partial charge in [-0.3, -0.25) is 9.59 Å². The van der Waals surface area contributed by atoms with E-state index in [0.717, 1.165) is 27.7 Å². The molecule has 0 aliphatic carbocycles. The van der Waals surface area contributed by atoms with E-state index >= 15 is 0 Å². The average Bonchev–Trinajstić information content (AvgIpc) is 3.16. The van der Waals surface area contributed by atoms with Gasteiger partial charge in [-0.05, 0) is 29.3 Å². The zero-order chi connectivity index (χ0) is 22.6. The number of H-pyrrole nitrogens is 1. The molecular formula is C25H32N4O2. The number of fused-ring (bicyclic) bond motifs is 1. The maximum Gasteiger partial charge on any atom is 0.239 e. The number of amides is 2. The van der Waals surface area contributed by atoms with Gasteiger partial charge in [0.25, 0.3) is 0 Å². The fraction of sp³-hybridized carbons (Fsp3) is 0.360. The van der Waals surface area contributed by atoms with Crippen molar-refractivity contribution in [1.29, 1.82) is 0 Å². The van der Waals surface area contributed by atoms with Crippen LogP contribution in [-0.2, 0) is 9.59 Å². The Hall–Kier alpha value is -3.28. The van der Waals surface area contributed by atoms with E-state index in [4.69, 9.17) is 0 Å². The number of aromatic nitrogens is 1. The predicted molar refractivity (Wildman–Crippen MR) is 126 cm³/mol. The van der Waals surface area contributed by atoms with Crippen molar-refractivity contribution in [1.82, 2.24) is 15.6 Å². The Bertz CT molecular complexity index is 1050. The van der Waals surface area contributed by atoms with E-state index in [1.807, 2.05) is 59.3 Å². The lowest BCUT2D eigenvalue weighted by Gasteiger charge is -2.21. The van der Waals surface area contributed by atoms with Crippen LogP contribution in [0.4, 0.5) is 5.69 Å². The lowest BCUT2D eigenvalue weighted by atomic mass is 9.90. The number of carbonyl (C=O) groups is 2. The Labute approximate surface area is 184 Å². The van der Waals surface area contributed by atoms with Gasteiger partial charge in [-0.2, -0.15) is 0 Å². The lowest BCUT2D eigenvalue weighted by Crippen LogP contribution is -2.42. The molecule has 1 unspecified atom stereocenters. The van der Waals surface area contributed by atoms with Gasteiger partial charge in [-0.1, -0.05) is 51.1 Å². The van der Waals surface area contributed by atoms with Crippen LogP contribution in [0.3, 0.4) is 0 Å². The molecule has 1 atom stereocenters. The Balaban J connectivity index is 1.80. The summed E-state index contributed by atoms with van der Waals surface area (Å²) >= 11 is 0. The number of rotatable bonds is 7. The van der Waals surface area contributed by atoms with Crippen LogP contribution < -0.4 is 15.5 Å². The molecule has 3 aromatic rings. The number of nitrogens with one attached hydrogen (secondary N) is 3. The minimum atomic E-state index is -0.527. The summed E-state index contributed by atoms with van der Waals surface area (Å²) < 4.78 is 0. The van der Waals surface area contributed by atoms with E-state index < -0.39 is 5.41 Å². The standard InChI is InChI=1S/C25H32N4O2/c1-25(2,3)24(31)28-16-23(30)27-14-20(17-10-12-18(13-11-17)29(4)5)21-15-26-22-9-7-6-8-19(21)22/h6-13,15,20,26H,14,16H2,1-5H3,(H,27,30)(H,28,31). The Morgan fingerprint density at radius 2 is 1.68 bits per heavy atom. The molecule has 1 heterocycles. The van der Waals surface area contributed by atoms with Crippen LogP contribution in [-0.4, -0.2) is 44.0 Å². The minimum absolute atomic E-state index is 0.0189. The Morgan fingerprint density at radius 1 is 1.00 bits per heavy atom. The van der Waals surface area contributed by atoms with Gasteiger partial charge in [0.05, 0.1) is 6.54 Å². The summed E-state index contributed by atoms with van der Waals surface area (Å²) in [7, 11) is 4.02. The largest absolute Gasteiger partial charge is 0.378 e. The molecule has 3 rings (SSSR count). The second-order valence-corrected chi connectivity index (χ2v) is 9.06. The summed E-state index contributed by atoms with van der Waals surface area (Å²) in [5, 5.41) is 6.85. The van der Waals surface area contributed by atoms with Crippen LogP contribution in [0.2, 0.25) is 0 Å². The van der Waals surface area contributed by atoms with Gasteiger partial charge < -0.3 is 20.5 Å². The van der Waals surface area contributed by atoms with Gasteiger partial charge in [-0.25, -0.2) is 0 Å². The second-order valence-electron chi connectivity index (χ2n) is 9.06. The molecule has 6 heteroatoms. The van der Waals surface area contributed by atoms with Gasteiger partial charge in [0.15, 0.2) is 0 Å². The molecular weight excluding hydrogens is 388 g/mol. The Kier molecular flexibility index (Phi) is 6.68. The highest BCUT2D eigenvalue weighted by Crippen LogP contribution is 2.31. The first-order valence-corrected chi connectivity index (χ1v) is 10.5. The lowest BCUT2D eigenvalue weighted by molar-refractivity contribution is -0.131. The summed E-state index contributed by atoms with van der Waals surface area (Å²) in [5.74, 6) is -0.364. The van der Waals surface area contributed by atoms with Gasteiger partial charge >= 0.3 is 0 Å².